The molecule has 1 N–H and O–H groups in total. The van der Waals surface area contributed by atoms with Crippen molar-refractivity contribution in [3.8, 4) is 0 Å². The van der Waals surface area contributed by atoms with E-state index in [0.717, 1.165) is 29.8 Å². The third-order valence-corrected chi connectivity index (χ3v) is 3.20. The highest BCUT2D eigenvalue weighted by Crippen LogP contribution is 2.27. The van der Waals surface area contributed by atoms with Crippen LogP contribution < -0.4 is 0 Å². The molecule has 2 aromatic rings. The van der Waals surface area contributed by atoms with Crippen molar-refractivity contribution >= 4 is 11.0 Å². The van der Waals surface area contributed by atoms with Crippen molar-refractivity contribution in [2.24, 2.45) is 0 Å². The molecule has 2 rings (SSSR count). The number of para-hydroxylation sites is 1. The standard InChI is InChI=1S/C14H19NO2/c1-3-15(4-2)12(10-16)14-9-11-7-5-6-8-13(11)17-14/h5-9,12,16H,3-4,10H2,1-2H3. The van der Waals surface area contributed by atoms with E-state index in [1.54, 1.807) is 0 Å². The summed E-state index contributed by atoms with van der Waals surface area (Å²) in [6.07, 6.45) is 0. The first-order valence-electron chi connectivity index (χ1n) is 6.13. The molecule has 17 heavy (non-hydrogen) atoms. The van der Waals surface area contributed by atoms with Crippen molar-refractivity contribution in [3.05, 3.63) is 36.1 Å². The Hall–Kier alpha value is -1.32. The monoisotopic (exact) mass is 233 g/mol. The maximum Gasteiger partial charge on any atom is 0.134 e. The Balaban J connectivity index is 2.36. The molecule has 0 aliphatic heterocycles. The van der Waals surface area contributed by atoms with Gasteiger partial charge in [0.15, 0.2) is 0 Å². The van der Waals surface area contributed by atoms with Crippen LogP contribution in [-0.2, 0) is 0 Å². The number of aliphatic hydroxyl groups excluding tert-OH is 1. The van der Waals surface area contributed by atoms with Crippen molar-refractivity contribution in [2.75, 3.05) is 19.7 Å². The summed E-state index contributed by atoms with van der Waals surface area (Å²) in [6, 6.07) is 9.91. The van der Waals surface area contributed by atoms with Crippen LogP contribution in [0.15, 0.2) is 34.7 Å². The average Bonchev–Trinajstić information content (AvgIpc) is 2.78. The molecule has 1 heterocycles. The molecule has 0 spiro atoms. The molecular formula is C14H19NO2. The fourth-order valence-corrected chi connectivity index (χ4v) is 2.22. The average molecular weight is 233 g/mol. The normalized spacial score (nSPS) is 13.4. The van der Waals surface area contributed by atoms with Gasteiger partial charge < -0.3 is 9.52 Å². The lowest BCUT2D eigenvalue weighted by Gasteiger charge is -2.26. The molecule has 1 unspecified atom stereocenters. The Labute approximate surface area is 102 Å². The number of hydrogen-bond acceptors (Lipinski definition) is 3. The van der Waals surface area contributed by atoms with Gasteiger partial charge >= 0.3 is 0 Å². The molecule has 3 nitrogen and oxygen atoms in total. The summed E-state index contributed by atoms with van der Waals surface area (Å²) in [7, 11) is 0. The van der Waals surface area contributed by atoms with Crippen molar-refractivity contribution in [1.82, 2.24) is 4.90 Å². The zero-order chi connectivity index (χ0) is 12.3. The number of nitrogens with zero attached hydrogens (tertiary/aromatic N) is 1. The molecule has 1 atom stereocenters. The van der Waals surface area contributed by atoms with Gasteiger partial charge in [-0.15, -0.1) is 0 Å². The van der Waals surface area contributed by atoms with Gasteiger partial charge in [0.2, 0.25) is 0 Å². The number of furan rings is 1. The van der Waals surface area contributed by atoms with E-state index in [-0.39, 0.29) is 12.6 Å². The highest BCUT2D eigenvalue weighted by atomic mass is 16.3. The summed E-state index contributed by atoms with van der Waals surface area (Å²) in [6.45, 7) is 6.07. The van der Waals surface area contributed by atoms with Crippen molar-refractivity contribution in [2.45, 2.75) is 19.9 Å². The van der Waals surface area contributed by atoms with Gasteiger partial charge in [-0.1, -0.05) is 32.0 Å². The lowest BCUT2D eigenvalue weighted by atomic mass is 10.2. The fraction of sp³-hybridized carbons (Fsp3) is 0.429. The van der Waals surface area contributed by atoms with E-state index in [0.29, 0.717) is 0 Å². The minimum Gasteiger partial charge on any atom is -0.459 e. The van der Waals surface area contributed by atoms with Gasteiger partial charge in [0, 0.05) is 5.39 Å². The second kappa shape index (κ2) is 5.34. The quantitative estimate of drug-likeness (QED) is 0.862. The van der Waals surface area contributed by atoms with Gasteiger partial charge in [0.1, 0.15) is 11.3 Å². The van der Waals surface area contributed by atoms with Crippen LogP contribution in [-0.4, -0.2) is 29.7 Å². The van der Waals surface area contributed by atoms with Crippen LogP contribution in [0.25, 0.3) is 11.0 Å². The Morgan fingerprint density at radius 2 is 1.94 bits per heavy atom. The number of rotatable bonds is 5. The van der Waals surface area contributed by atoms with Gasteiger partial charge in [-0.05, 0) is 25.2 Å². The highest BCUT2D eigenvalue weighted by molar-refractivity contribution is 5.77. The first kappa shape index (κ1) is 12.1. The van der Waals surface area contributed by atoms with Gasteiger partial charge in [-0.3, -0.25) is 4.90 Å². The molecule has 0 bridgehead atoms. The van der Waals surface area contributed by atoms with E-state index in [1.165, 1.54) is 0 Å². The first-order valence-corrected chi connectivity index (χ1v) is 6.13. The summed E-state index contributed by atoms with van der Waals surface area (Å²) in [5.41, 5.74) is 0.883. The summed E-state index contributed by atoms with van der Waals surface area (Å²) < 4.78 is 5.80. The van der Waals surface area contributed by atoms with Gasteiger partial charge in [-0.2, -0.15) is 0 Å². The predicted octanol–water partition coefficient (Wildman–Crippen LogP) is 2.81. The maximum atomic E-state index is 9.54. The second-order valence-electron chi connectivity index (χ2n) is 4.11. The molecule has 3 heteroatoms. The topological polar surface area (TPSA) is 36.6 Å². The summed E-state index contributed by atoms with van der Waals surface area (Å²) >= 11 is 0. The Morgan fingerprint density at radius 1 is 1.24 bits per heavy atom. The van der Waals surface area contributed by atoms with Crippen LogP contribution in [0.3, 0.4) is 0 Å². The number of aliphatic hydroxyl groups is 1. The number of hydrogen-bond donors (Lipinski definition) is 1. The zero-order valence-corrected chi connectivity index (χ0v) is 10.4. The SMILES string of the molecule is CCN(CC)C(CO)c1cc2ccccc2o1. The summed E-state index contributed by atoms with van der Waals surface area (Å²) in [5, 5.41) is 10.6. The van der Waals surface area contributed by atoms with Crippen molar-refractivity contribution in [3.63, 3.8) is 0 Å². The largest absolute Gasteiger partial charge is 0.459 e. The van der Waals surface area contributed by atoms with Crippen LogP contribution in [0.1, 0.15) is 25.6 Å². The lowest BCUT2D eigenvalue weighted by molar-refractivity contribution is 0.118. The summed E-state index contributed by atoms with van der Waals surface area (Å²) in [4.78, 5) is 2.19. The second-order valence-corrected chi connectivity index (χ2v) is 4.11. The zero-order valence-electron chi connectivity index (χ0n) is 10.4. The molecule has 92 valence electrons. The number of benzene rings is 1. The molecule has 1 aromatic heterocycles. The highest BCUT2D eigenvalue weighted by Gasteiger charge is 2.20. The minimum atomic E-state index is -0.0441. The Morgan fingerprint density at radius 3 is 2.53 bits per heavy atom. The van der Waals surface area contributed by atoms with Crippen LogP contribution in [0.4, 0.5) is 0 Å². The molecular weight excluding hydrogens is 214 g/mol. The molecule has 0 amide bonds. The van der Waals surface area contributed by atoms with Crippen LogP contribution in [0.2, 0.25) is 0 Å². The molecule has 0 fully saturated rings. The van der Waals surface area contributed by atoms with Gasteiger partial charge in [0.25, 0.3) is 0 Å². The van der Waals surface area contributed by atoms with E-state index in [2.05, 4.69) is 18.7 Å². The number of likely N-dealkylation sites (N-methyl/N-ethyl adjacent to an activating group) is 1. The molecule has 0 radical (unpaired) electrons. The van der Waals surface area contributed by atoms with Gasteiger partial charge in [-0.25, -0.2) is 0 Å². The molecule has 1 aromatic carbocycles. The number of fused-ring (bicyclic) bond motifs is 1. The molecule has 0 saturated carbocycles. The van der Waals surface area contributed by atoms with E-state index >= 15 is 0 Å². The Bertz CT molecular complexity index is 441. The first-order chi connectivity index (χ1) is 8.30. The molecule has 0 aliphatic carbocycles. The van der Waals surface area contributed by atoms with E-state index in [9.17, 15) is 5.11 Å². The molecule has 0 saturated heterocycles. The molecule has 0 aliphatic rings. The minimum absolute atomic E-state index is 0.0441. The lowest BCUT2D eigenvalue weighted by Crippen LogP contribution is -2.30. The van der Waals surface area contributed by atoms with Crippen molar-refractivity contribution in [1.29, 1.82) is 0 Å². The Kier molecular flexibility index (Phi) is 3.82. The predicted molar refractivity (Wildman–Crippen MR) is 69.0 cm³/mol. The van der Waals surface area contributed by atoms with Crippen LogP contribution >= 0.6 is 0 Å². The summed E-state index contributed by atoms with van der Waals surface area (Å²) in [5.74, 6) is 0.845. The van der Waals surface area contributed by atoms with E-state index < -0.39 is 0 Å². The van der Waals surface area contributed by atoms with Crippen molar-refractivity contribution < 1.29 is 9.52 Å². The van der Waals surface area contributed by atoms with E-state index in [4.69, 9.17) is 4.42 Å². The third kappa shape index (κ3) is 2.35. The van der Waals surface area contributed by atoms with E-state index in [1.807, 2.05) is 30.3 Å². The van der Waals surface area contributed by atoms with Gasteiger partial charge in [0.05, 0.1) is 12.6 Å². The van der Waals surface area contributed by atoms with Crippen LogP contribution in [0, 0.1) is 0 Å². The fourth-order valence-electron chi connectivity index (χ4n) is 2.22. The smallest absolute Gasteiger partial charge is 0.134 e. The van der Waals surface area contributed by atoms with Crippen LogP contribution in [0.5, 0.6) is 0 Å². The third-order valence-electron chi connectivity index (χ3n) is 3.20. The maximum absolute atomic E-state index is 9.54.